The van der Waals surface area contributed by atoms with E-state index in [1.165, 1.54) is 11.3 Å². The SMILES string of the molecule is C[C@@H](NC(=O)N1C(=O)[C@H](Cc2ccnc(N)c2)[C@H]1C(=O)N(C)c1cccnc1)C1CCCCC1. The lowest BCUT2D eigenvalue weighted by Gasteiger charge is -2.46. The van der Waals surface area contributed by atoms with Crippen LogP contribution in [0.15, 0.2) is 42.9 Å². The first kappa shape index (κ1) is 23.7. The molecule has 2 aromatic heterocycles. The number of likely N-dealkylation sites (N-methyl/N-ethyl adjacent to an activating group) is 1. The lowest BCUT2D eigenvalue weighted by molar-refractivity contribution is -0.156. The first-order valence-corrected chi connectivity index (χ1v) is 11.9. The number of carbonyl (C=O) groups excluding carboxylic acids is 3. The van der Waals surface area contributed by atoms with Gasteiger partial charge in [0.2, 0.25) is 5.91 Å². The molecule has 2 aliphatic rings. The van der Waals surface area contributed by atoms with E-state index in [0.717, 1.165) is 36.1 Å². The zero-order valence-corrected chi connectivity index (χ0v) is 19.7. The lowest BCUT2D eigenvalue weighted by Crippen LogP contribution is -2.71. The van der Waals surface area contributed by atoms with Crippen molar-refractivity contribution in [3.05, 3.63) is 48.4 Å². The van der Waals surface area contributed by atoms with Gasteiger partial charge in [-0.25, -0.2) is 9.78 Å². The van der Waals surface area contributed by atoms with Crippen molar-refractivity contribution in [2.75, 3.05) is 17.7 Å². The molecule has 34 heavy (non-hydrogen) atoms. The number of β-lactam (4-membered cyclic amide) rings is 1. The number of amides is 4. The van der Waals surface area contributed by atoms with Gasteiger partial charge in [0.25, 0.3) is 5.91 Å². The smallest absolute Gasteiger partial charge is 0.325 e. The summed E-state index contributed by atoms with van der Waals surface area (Å²) in [7, 11) is 1.63. The topological polar surface area (TPSA) is 122 Å². The maximum absolute atomic E-state index is 13.5. The molecule has 0 aromatic carbocycles. The van der Waals surface area contributed by atoms with E-state index in [-0.39, 0.29) is 17.9 Å². The molecule has 1 saturated heterocycles. The third-order valence-electron chi connectivity index (χ3n) is 7.06. The van der Waals surface area contributed by atoms with Crippen LogP contribution in [0.1, 0.15) is 44.6 Å². The van der Waals surface area contributed by atoms with Gasteiger partial charge in [0, 0.05) is 25.5 Å². The molecule has 0 bridgehead atoms. The molecule has 0 unspecified atom stereocenters. The zero-order chi connectivity index (χ0) is 24.2. The number of nitrogens with one attached hydrogen (secondary N) is 1. The Morgan fingerprint density at radius 3 is 2.68 bits per heavy atom. The Balaban J connectivity index is 1.54. The van der Waals surface area contributed by atoms with Crippen LogP contribution in [0, 0.1) is 11.8 Å². The number of nitrogens with zero attached hydrogens (tertiary/aromatic N) is 4. The van der Waals surface area contributed by atoms with E-state index in [9.17, 15) is 14.4 Å². The van der Waals surface area contributed by atoms with E-state index in [1.54, 1.807) is 49.9 Å². The number of pyridine rings is 2. The molecule has 9 heteroatoms. The summed E-state index contributed by atoms with van der Waals surface area (Å²) in [6.07, 6.45) is 10.7. The largest absolute Gasteiger partial charge is 0.384 e. The molecule has 2 aromatic rings. The van der Waals surface area contributed by atoms with Crippen LogP contribution < -0.4 is 16.0 Å². The van der Waals surface area contributed by atoms with E-state index >= 15 is 0 Å². The number of likely N-dealkylation sites (tertiary alicyclic amines) is 1. The second kappa shape index (κ2) is 10.2. The van der Waals surface area contributed by atoms with Gasteiger partial charge in [0.1, 0.15) is 11.9 Å². The molecule has 3 N–H and O–H groups in total. The van der Waals surface area contributed by atoms with Crippen LogP contribution in [0.3, 0.4) is 0 Å². The van der Waals surface area contributed by atoms with Crippen molar-refractivity contribution in [3.63, 3.8) is 0 Å². The van der Waals surface area contributed by atoms with Crippen molar-refractivity contribution in [1.29, 1.82) is 0 Å². The number of aromatic nitrogens is 2. The summed E-state index contributed by atoms with van der Waals surface area (Å²) in [6, 6.07) is 5.47. The highest BCUT2D eigenvalue weighted by molar-refractivity contribution is 6.12. The van der Waals surface area contributed by atoms with E-state index in [4.69, 9.17) is 5.73 Å². The fourth-order valence-electron chi connectivity index (χ4n) is 5.03. The molecule has 4 amide bonds. The number of hydrogen-bond donors (Lipinski definition) is 2. The number of anilines is 2. The van der Waals surface area contributed by atoms with Gasteiger partial charge in [0.05, 0.1) is 17.8 Å². The minimum absolute atomic E-state index is 0.0635. The number of urea groups is 1. The van der Waals surface area contributed by atoms with Crippen molar-refractivity contribution in [2.45, 2.75) is 57.5 Å². The fourth-order valence-corrected chi connectivity index (χ4v) is 5.03. The maximum atomic E-state index is 13.5. The quantitative estimate of drug-likeness (QED) is 0.634. The Morgan fingerprint density at radius 1 is 1.24 bits per heavy atom. The molecule has 3 atom stereocenters. The Hall–Kier alpha value is -3.49. The van der Waals surface area contributed by atoms with Crippen molar-refractivity contribution in [1.82, 2.24) is 20.2 Å². The number of nitrogens with two attached hydrogens (primary N) is 1. The molecule has 2 fully saturated rings. The highest BCUT2D eigenvalue weighted by Gasteiger charge is 2.55. The summed E-state index contributed by atoms with van der Waals surface area (Å²) in [4.78, 5) is 50.5. The minimum Gasteiger partial charge on any atom is -0.384 e. The number of imide groups is 1. The molecule has 1 saturated carbocycles. The summed E-state index contributed by atoms with van der Waals surface area (Å²) >= 11 is 0. The number of carbonyl (C=O) groups is 3. The zero-order valence-electron chi connectivity index (χ0n) is 19.7. The lowest BCUT2D eigenvalue weighted by atomic mass is 9.81. The highest BCUT2D eigenvalue weighted by Crippen LogP contribution is 2.33. The van der Waals surface area contributed by atoms with Gasteiger partial charge in [-0.2, -0.15) is 0 Å². The Kier molecular flexibility index (Phi) is 7.09. The van der Waals surface area contributed by atoms with Gasteiger partial charge in [-0.05, 0) is 61.9 Å². The van der Waals surface area contributed by atoms with E-state index < -0.39 is 18.0 Å². The number of hydrogen-bond acceptors (Lipinski definition) is 6. The summed E-state index contributed by atoms with van der Waals surface area (Å²) in [6.45, 7) is 1.98. The molecular weight excluding hydrogens is 432 g/mol. The summed E-state index contributed by atoms with van der Waals surface area (Å²) in [5.41, 5.74) is 7.18. The number of rotatable bonds is 6. The standard InChI is InChI=1S/C25H32N6O3/c1-16(18-7-4-3-5-8-18)29-25(34)31-22(24(33)30(2)19-9-6-11-27-15-19)20(23(31)32)13-17-10-12-28-21(26)14-17/h6,9-12,14-16,18,20,22H,3-5,7-8,13H2,1-2H3,(H2,26,28)(H,29,34)/t16-,20-,22+/m1/s1. The van der Waals surface area contributed by atoms with Gasteiger partial charge < -0.3 is 16.0 Å². The van der Waals surface area contributed by atoms with Crippen LogP contribution >= 0.6 is 0 Å². The van der Waals surface area contributed by atoms with Crippen molar-refractivity contribution < 1.29 is 14.4 Å². The normalized spacial score (nSPS) is 21.5. The van der Waals surface area contributed by atoms with Crippen molar-refractivity contribution in [3.8, 4) is 0 Å². The fraction of sp³-hybridized carbons (Fsp3) is 0.480. The molecule has 1 aliphatic heterocycles. The second-order valence-electron chi connectivity index (χ2n) is 9.30. The predicted molar refractivity (Wildman–Crippen MR) is 129 cm³/mol. The van der Waals surface area contributed by atoms with Crippen LogP contribution in [-0.2, 0) is 16.0 Å². The maximum Gasteiger partial charge on any atom is 0.325 e. The average Bonchev–Trinajstić information content (AvgIpc) is 2.85. The van der Waals surface area contributed by atoms with Crippen LogP contribution in [0.2, 0.25) is 0 Å². The third kappa shape index (κ3) is 4.88. The van der Waals surface area contributed by atoms with Gasteiger partial charge in [0.15, 0.2) is 0 Å². The molecular formula is C25H32N6O3. The van der Waals surface area contributed by atoms with Crippen LogP contribution in [0.25, 0.3) is 0 Å². The minimum atomic E-state index is -0.911. The third-order valence-corrected chi connectivity index (χ3v) is 7.06. The van der Waals surface area contributed by atoms with Gasteiger partial charge in [-0.15, -0.1) is 0 Å². The van der Waals surface area contributed by atoms with Gasteiger partial charge in [-0.1, -0.05) is 19.3 Å². The summed E-state index contributed by atoms with van der Waals surface area (Å²) < 4.78 is 0. The van der Waals surface area contributed by atoms with Gasteiger partial charge in [-0.3, -0.25) is 19.5 Å². The number of nitrogen functional groups attached to an aromatic ring is 1. The predicted octanol–water partition coefficient (Wildman–Crippen LogP) is 2.77. The molecule has 0 radical (unpaired) electrons. The van der Waals surface area contributed by atoms with E-state index in [1.807, 2.05) is 6.92 Å². The molecule has 1 aliphatic carbocycles. The second-order valence-corrected chi connectivity index (χ2v) is 9.30. The van der Waals surface area contributed by atoms with Crippen molar-refractivity contribution in [2.24, 2.45) is 11.8 Å². The van der Waals surface area contributed by atoms with Crippen molar-refractivity contribution >= 4 is 29.4 Å². The monoisotopic (exact) mass is 464 g/mol. The first-order chi connectivity index (χ1) is 16.4. The Morgan fingerprint density at radius 2 is 2.00 bits per heavy atom. The average molecular weight is 465 g/mol. The molecule has 180 valence electrons. The molecule has 3 heterocycles. The molecule has 4 rings (SSSR count). The van der Waals surface area contributed by atoms with E-state index in [0.29, 0.717) is 23.8 Å². The summed E-state index contributed by atoms with van der Waals surface area (Å²) in [5, 5.41) is 2.99. The van der Waals surface area contributed by atoms with Crippen LogP contribution in [-0.4, -0.2) is 51.8 Å². The molecule has 9 nitrogen and oxygen atoms in total. The van der Waals surface area contributed by atoms with E-state index in [2.05, 4.69) is 15.3 Å². The highest BCUT2D eigenvalue weighted by atomic mass is 16.2. The first-order valence-electron chi connectivity index (χ1n) is 11.9. The Labute approximate surface area is 199 Å². The Bertz CT molecular complexity index is 1040. The van der Waals surface area contributed by atoms with Crippen LogP contribution in [0.5, 0.6) is 0 Å². The summed E-state index contributed by atoms with van der Waals surface area (Å²) in [5.74, 6) is -0.627. The van der Waals surface area contributed by atoms with Gasteiger partial charge >= 0.3 is 6.03 Å². The van der Waals surface area contributed by atoms with Crippen LogP contribution in [0.4, 0.5) is 16.3 Å². The molecule has 0 spiro atoms.